The molecule has 1 aliphatic carbocycles. The van der Waals surface area contributed by atoms with Gasteiger partial charge in [0.05, 0.1) is 0 Å². The van der Waals surface area contributed by atoms with Crippen molar-refractivity contribution in [3.05, 3.63) is 32.3 Å². The predicted octanol–water partition coefficient (Wildman–Crippen LogP) is 3.54. The number of ketones is 1. The number of Topliss-reactive ketones (excluding diaryl/α,β-unsaturated/α-hetero) is 1. The molecule has 0 aliphatic heterocycles. The summed E-state index contributed by atoms with van der Waals surface area (Å²) in [4.78, 5) is 11.4. The Hall–Kier alpha value is -0.340. The van der Waals surface area contributed by atoms with Crippen LogP contribution in [0.1, 0.15) is 27.9 Å². The highest BCUT2D eigenvalue weighted by atomic mass is 79.9. The molecule has 0 fully saturated rings. The molecule has 0 radical (unpaired) electrons. The topological polar surface area (TPSA) is 17.1 Å². The van der Waals surface area contributed by atoms with E-state index >= 15 is 0 Å². The summed E-state index contributed by atoms with van der Waals surface area (Å²) in [6, 6.07) is 1.78. The van der Waals surface area contributed by atoms with Crippen LogP contribution in [-0.2, 0) is 6.42 Å². The highest BCUT2D eigenvalue weighted by Gasteiger charge is 2.23. The van der Waals surface area contributed by atoms with Gasteiger partial charge in [-0.3, -0.25) is 4.79 Å². The van der Waals surface area contributed by atoms with Crippen LogP contribution in [0.2, 0.25) is 5.02 Å². The summed E-state index contributed by atoms with van der Waals surface area (Å²) in [5, 5.41) is 0.667. The van der Waals surface area contributed by atoms with E-state index in [0.717, 1.165) is 27.6 Å². The van der Waals surface area contributed by atoms with Gasteiger partial charge in [-0.25, -0.2) is 0 Å². The number of fused-ring (bicyclic) bond motifs is 1. The van der Waals surface area contributed by atoms with Crippen molar-refractivity contribution in [2.75, 3.05) is 0 Å². The van der Waals surface area contributed by atoms with Gasteiger partial charge in [-0.1, -0.05) is 27.5 Å². The van der Waals surface area contributed by atoms with Gasteiger partial charge in [-0.15, -0.1) is 0 Å². The van der Waals surface area contributed by atoms with E-state index in [9.17, 15) is 4.79 Å². The van der Waals surface area contributed by atoms with Gasteiger partial charge in [-0.05, 0) is 30.5 Å². The molecule has 1 aromatic carbocycles. The molecule has 0 bridgehead atoms. The molecule has 0 N–H and O–H groups in total. The molecule has 0 atom stereocenters. The second-order valence-electron chi connectivity index (χ2n) is 3.25. The maximum atomic E-state index is 11.4. The van der Waals surface area contributed by atoms with E-state index in [2.05, 4.69) is 15.9 Å². The zero-order valence-electron chi connectivity index (χ0n) is 7.16. The Morgan fingerprint density at radius 3 is 2.85 bits per heavy atom. The molecule has 68 valence electrons. The van der Waals surface area contributed by atoms with Crippen LogP contribution in [-0.4, -0.2) is 5.78 Å². The minimum absolute atomic E-state index is 0.206. The van der Waals surface area contributed by atoms with Gasteiger partial charge in [-0.2, -0.15) is 0 Å². The molecule has 1 aromatic rings. The van der Waals surface area contributed by atoms with Crippen molar-refractivity contribution in [1.82, 2.24) is 0 Å². The second-order valence-corrected chi connectivity index (χ2v) is 4.45. The van der Waals surface area contributed by atoms with Gasteiger partial charge in [0, 0.05) is 21.5 Å². The second kappa shape index (κ2) is 3.10. The predicted molar refractivity (Wildman–Crippen MR) is 56.5 cm³/mol. The minimum atomic E-state index is 0.206. The Balaban J connectivity index is 2.74. The molecular weight excluding hydrogens is 251 g/mol. The minimum Gasteiger partial charge on any atom is -0.294 e. The van der Waals surface area contributed by atoms with Gasteiger partial charge >= 0.3 is 0 Å². The van der Waals surface area contributed by atoms with Crippen LogP contribution in [0.4, 0.5) is 0 Å². The summed E-state index contributed by atoms with van der Waals surface area (Å²) in [5.74, 6) is 0.206. The summed E-state index contributed by atoms with van der Waals surface area (Å²) in [7, 11) is 0. The van der Waals surface area contributed by atoms with Crippen molar-refractivity contribution < 1.29 is 4.79 Å². The van der Waals surface area contributed by atoms with Crippen molar-refractivity contribution in [1.29, 1.82) is 0 Å². The van der Waals surface area contributed by atoms with E-state index in [4.69, 9.17) is 11.6 Å². The summed E-state index contributed by atoms with van der Waals surface area (Å²) in [6.07, 6.45) is 1.46. The van der Waals surface area contributed by atoms with Crippen LogP contribution < -0.4 is 0 Å². The number of carbonyl (C=O) groups excluding carboxylic acids is 1. The molecule has 0 aromatic heterocycles. The molecular formula is C10H8BrClO. The molecule has 0 spiro atoms. The van der Waals surface area contributed by atoms with Crippen molar-refractivity contribution in [2.45, 2.75) is 19.8 Å². The Kier molecular flexibility index (Phi) is 2.20. The Morgan fingerprint density at radius 2 is 2.15 bits per heavy atom. The van der Waals surface area contributed by atoms with Crippen molar-refractivity contribution in [3.8, 4) is 0 Å². The molecule has 1 aliphatic rings. The number of hydrogen-bond acceptors (Lipinski definition) is 1. The number of carbonyl (C=O) groups is 1. The fraction of sp³-hybridized carbons (Fsp3) is 0.300. The van der Waals surface area contributed by atoms with Crippen molar-refractivity contribution in [3.63, 3.8) is 0 Å². The highest BCUT2D eigenvalue weighted by Crippen LogP contribution is 2.35. The fourth-order valence-corrected chi connectivity index (χ4v) is 2.58. The molecule has 13 heavy (non-hydrogen) atoms. The number of halogens is 2. The zero-order valence-corrected chi connectivity index (χ0v) is 9.50. The van der Waals surface area contributed by atoms with E-state index < -0.39 is 0 Å². The lowest BCUT2D eigenvalue weighted by Gasteiger charge is -2.06. The molecule has 2 rings (SSSR count). The summed E-state index contributed by atoms with van der Waals surface area (Å²) < 4.78 is 1.00. The molecule has 0 saturated carbocycles. The Morgan fingerprint density at radius 1 is 1.46 bits per heavy atom. The summed E-state index contributed by atoms with van der Waals surface area (Å²) >= 11 is 9.45. The van der Waals surface area contributed by atoms with E-state index in [1.165, 1.54) is 0 Å². The summed E-state index contributed by atoms with van der Waals surface area (Å²) in [5.41, 5.74) is 2.93. The molecule has 0 heterocycles. The lowest BCUT2D eigenvalue weighted by atomic mass is 10.1. The molecule has 0 amide bonds. The fourth-order valence-electron chi connectivity index (χ4n) is 1.64. The quantitative estimate of drug-likeness (QED) is 0.696. The SMILES string of the molecule is Cc1c(Cl)cc2c(c1Br)CCC2=O. The third kappa shape index (κ3) is 1.32. The maximum absolute atomic E-state index is 11.4. The first-order chi connectivity index (χ1) is 6.11. The van der Waals surface area contributed by atoms with Gasteiger partial charge in [0.1, 0.15) is 0 Å². The average Bonchev–Trinajstić information content (AvgIpc) is 2.45. The first kappa shape index (κ1) is 9.22. The molecule has 0 unspecified atom stereocenters. The normalized spacial score (nSPS) is 14.8. The number of hydrogen-bond donors (Lipinski definition) is 0. The smallest absolute Gasteiger partial charge is 0.163 e. The summed E-state index contributed by atoms with van der Waals surface area (Å²) in [6.45, 7) is 1.95. The third-order valence-corrected chi connectivity index (χ3v) is 3.92. The number of benzene rings is 1. The highest BCUT2D eigenvalue weighted by molar-refractivity contribution is 9.10. The lowest BCUT2D eigenvalue weighted by Crippen LogP contribution is -1.93. The largest absolute Gasteiger partial charge is 0.294 e. The van der Waals surface area contributed by atoms with E-state index in [1.807, 2.05) is 6.92 Å². The zero-order chi connectivity index (χ0) is 9.59. The van der Waals surface area contributed by atoms with Crippen LogP contribution >= 0.6 is 27.5 Å². The van der Waals surface area contributed by atoms with Crippen LogP contribution in [0.15, 0.2) is 10.5 Å². The van der Waals surface area contributed by atoms with Gasteiger partial charge in [0.25, 0.3) is 0 Å². The third-order valence-electron chi connectivity index (χ3n) is 2.45. The van der Waals surface area contributed by atoms with Crippen LogP contribution in [0.3, 0.4) is 0 Å². The van der Waals surface area contributed by atoms with Gasteiger partial charge in [0.2, 0.25) is 0 Å². The van der Waals surface area contributed by atoms with Gasteiger partial charge < -0.3 is 0 Å². The van der Waals surface area contributed by atoms with E-state index in [0.29, 0.717) is 11.4 Å². The molecule has 3 heteroatoms. The van der Waals surface area contributed by atoms with E-state index in [-0.39, 0.29) is 5.78 Å². The Bertz CT molecular complexity index is 398. The average molecular weight is 260 g/mol. The Labute approximate surface area is 90.2 Å². The maximum Gasteiger partial charge on any atom is 0.163 e. The van der Waals surface area contributed by atoms with Crippen LogP contribution in [0.25, 0.3) is 0 Å². The van der Waals surface area contributed by atoms with Crippen LogP contribution in [0, 0.1) is 6.92 Å². The van der Waals surface area contributed by atoms with Crippen molar-refractivity contribution in [2.24, 2.45) is 0 Å². The first-order valence-electron chi connectivity index (χ1n) is 4.12. The van der Waals surface area contributed by atoms with Crippen LogP contribution in [0.5, 0.6) is 0 Å². The van der Waals surface area contributed by atoms with Gasteiger partial charge in [0.15, 0.2) is 5.78 Å². The number of rotatable bonds is 0. The molecule has 1 nitrogen and oxygen atoms in total. The van der Waals surface area contributed by atoms with Crippen molar-refractivity contribution >= 4 is 33.3 Å². The first-order valence-corrected chi connectivity index (χ1v) is 5.29. The monoisotopic (exact) mass is 258 g/mol. The standard InChI is InChI=1S/C10H8BrClO/c1-5-8(12)4-7-6(10(5)11)2-3-9(7)13/h4H,2-3H2,1H3. The molecule has 0 saturated heterocycles. The van der Waals surface area contributed by atoms with E-state index in [1.54, 1.807) is 6.07 Å². The lowest BCUT2D eigenvalue weighted by molar-refractivity contribution is 0.0994.